The number of amides is 1. The molecule has 2 aromatic rings. The lowest BCUT2D eigenvalue weighted by molar-refractivity contribution is 0.0372. The highest BCUT2D eigenvalue weighted by Gasteiger charge is 2.15. The van der Waals surface area contributed by atoms with Gasteiger partial charge >= 0.3 is 0 Å². The molecule has 0 saturated carbocycles. The Bertz CT molecular complexity index is 726. The van der Waals surface area contributed by atoms with Gasteiger partial charge in [0.25, 0.3) is 5.91 Å². The van der Waals surface area contributed by atoms with Crippen LogP contribution >= 0.6 is 11.6 Å². The summed E-state index contributed by atoms with van der Waals surface area (Å²) in [5.74, 6) is 0.600. The second kappa shape index (κ2) is 9.12. The van der Waals surface area contributed by atoms with Crippen LogP contribution in [0.4, 0.5) is 0 Å². The van der Waals surface area contributed by atoms with Gasteiger partial charge in [-0.2, -0.15) is 0 Å². The number of hydrogen-bond donors (Lipinski definition) is 1. The molecule has 7 nitrogen and oxygen atoms in total. The summed E-state index contributed by atoms with van der Waals surface area (Å²) >= 11 is 5.91. The van der Waals surface area contributed by atoms with Crippen molar-refractivity contribution in [2.75, 3.05) is 39.4 Å². The number of nitrogens with zero attached hydrogens (tertiary/aromatic N) is 4. The number of morpholine rings is 1. The minimum absolute atomic E-state index is 0.186. The fourth-order valence-electron chi connectivity index (χ4n) is 2.88. The van der Waals surface area contributed by atoms with Crippen molar-refractivity contribution >= 4 is 17.5 Å². The van der Waals surface area contributed by atoms with Crippen LogP contribution in [0.15, 0.2) is 24.3 Å². The molecule has 1 aromatic heterocycles. The molecule has 140 valence electrons. The molecule has 0 spiro atoms. The van der Waals surface area contributed by atoms with Crippen LogP contribution in [0.2, 0.25) is 5.02 Å². The van der Waals surface area contributed by atoms with E-state index in [0.29, 0.717) is 17.4 Å². The summed E-state index contributed by atoms with van der Waals surface area (Å²) < 4.78 is 6.98. The van der Waals surface area contributed by atoms with Gasteiger partial charge in [-0.25, -0.2) is 9.67 Å². The number of benzene rings is 1. The van der Waals surface area contributed by atoms with Crippen molar-refractivity contribution < 1.29 is 9.53 Å². The van der Waals surface area contributed by atoms with Crippen molar-refractivity contribution in [2.24, 2.45) is 0 Å². The molecule has 1 N–H and O–H groups in total. The van der Waals surface area contributed by atoms with Gasteiger partial charge in [-0.15, -0.1) is 5.10 Å². The molecule has 0 unspecified atom stereocenters. The van der Waals surface area contributed by atoms with E-state index in [4.69, 9.17) is 16.3 Å². The summed E-state index contributed by atoms with van der Waals surface area (Å²) in [7, 11) is 0. The van der Waals surface area contributed by atoms with Gasteiger partial charge in [-0.3, -0.25) is 9.69 Å². The first-order valence-corrected chi connectivity index (χ1v) is 9.29. The Hall–Kier alpha value is -1.96. The summed E-state index contributed by atoms with van der Waals surface area (Å²) in [6.45, 7) is 7.12. The van der Waals surface area contributed by atoms with Crippen molar-refractivity contribution in [3.8, 4) is 5.69 Å². The largest absolute Gasteiger partial charge is 0.379 e. The van der Waals surface area contributed by atoms with Gasteiger partial charge in [0.05, 0.1) is 18.9 Å². The van der Waals surface area contributed by atoms with Crippen molar-refractivity contribution in [1.82, 2.24) is 25.0 Å². The molecule has 2 heterocycles. The zero-order valence-electron chi connectivity index (χ0n) is 14.9. The Kier molecular flexibility index (Phi) is 6.60. The number of hydrogen-bond acceptors (Lipinski definition) is 5. The summed E-state index contributed by atoms with van der Waals surface area (Å²) in [5, 5.41) is 7.86. The minimum atomic E-state index is -0.243. The molecule has 1 aliphatic rings. The van der Waals surface area contributed by atoms with Crippen molar-refractivity contribution in [3.63, 3.8) is 0 Å². The van der Waals surface area contributed by atoms with Crippen LogP contribution in [0, 0.1) is 6.92 Å². The topological polar surface area (TPSA) is 72.3 Å². The van der Waals surface area contributed by atoms with E-state index in [-0.39, 0.29) is 11.7 Å². The zero-order valence-corrected chi connectivity index (χ0v) is 15.7. The van der Waals surface area contributed by atoms with Crippen molar-refractivity contribution in [3.05, 3.63) is 40.9 Å². The van der Waals surface area contributed by atoms with E-state index in [1.54, 1.807) is 16.8 Å². The van der Waals surface area contributed by atoms with Crippen LogP contribution in [-0.4, -0.2) is 65.0 Å². The number of carbonyl (C=O) groups excluding carboxylic acids is 1. The second-order valence-electron chi connectivity index (χ2n) is 6.29. The monoisotopic (exact) mass is 377 g/mol. The molecule has 1 aliphatic heterocycles. The van der Waals surface area contributed by atoms with E-state index < -0.39 is 0 Å². The Morgan fingerprint density at radius 2 is 1.96 bits per heavy atom. The lowest BCUT2D eigenvalue weighted by Crippen LogP contribution is -2.37. The average molecular weight is 378 g/mol. The Balaban J connectivity index is 1.46. The predicted molar refractivity (Wildman–Crippen MR) is 99.9 cm³/mol. The lowest BCUT2D eigenvalue weighted by Gasteiger charge is -2.26. The number of rotatable bonds is 7. The van der Waals surface area contributed by atoms with Crippen LogP contribution in [0.25, 0.3) is 5.69 Å². The molecule has 0 aliphatic carbocycles. The molecule has 3 rings (SSSR count). The van der Waals surface area contributed by atoms with Gasteiger partial charge in [-0.05, 0) is 50.6 Å². The van der Waals surface area contributed by atoms with Crippen molar-refractivity contribution in [2.45, 2.75) is 19.8 Å². The third-order valence-corrected chi connectivity index (χ3v) is 4.59. The Morgan fingerprint density at radius 1 is 1.23 bits per heavy atom. The summed E-state index contributed by atoms with van der Waals surface area (Å²) in [6, 6.07) is 7.26. The van der Waals surface area contributed by atoms with E-state index in [1.807, 2.05) is 19.1 Å². The maximum Gasteiger partial charge on any atom is 0.290 e. The first kappa shape index (κ1) is 18.8. The number of nitrogens with one attached hydrogen (secondary N) is 1. The highest BCUT2D eigenvalue weighted by molar-refractivity contribution is 6.30. The fraction of sp³-hybridized carbons (Fsp3) is 0.500. The van der Waals surface area contributed by atoms with Gasteiger partial charge in [0.15, 0.2) is 0 Å². The van der Waals surface area contributed by atoms with Crippen LogP contribution in [-0.2, 0) is 4.74 Å². The Morgan fingerprint density at radius 3 is 2.69 bits per heavy atom. The number of ether oxygens (including phenoxy) is 1. The molecule has 26 heavy (non-hydrogen) atoms. The summed E-state index contributed by atoms with van der Waals surface area (Å²) in [6.07, 6.45) is 1.98. The molecular weight excluding hydrogens is 354 g/mol. The number of unbranched alkanes of at least 4 members (excludes halogenated alkanes) is 1. The molecular formula is C18H24ClN5O2. The van der Waals surface area contributed by atoms with Crippen LogP contribution < -0.4 is 5.32 Å². The van der Waals surface area contributed by atoms with E-state index >= 15 is 0 Å². The van der Waals surface area contributed by atoms with E-state index in [2.05, 4.69) is 20.3 Å². The first-order valence-electron chi connectivity index (χ1n) is 8.91. The smallest absolute Gasteiger partial charge is 0.290 e. The lowest BCUT2D eigenvalue weighted by atomic mass is 10.2. The normalized spacial score (nSPS) is 15.2. The number of carbonyl (C=O) groups is 1. The Labute approximate surface area is 158 Å². The van der Waals surface area contributed by atoms with Crippen LogP contribution in [0.3, 0.4) is 0 Å². The maximum atomic E-state index is 12.3. The van der Waals surface area contributed by atoms with E-state index in [9.17, 15) is 4.79 Å². The summed E-state index contributed by atoms with van der Waals surface area (Å²) in [5.41, 5.74) is 0.823. The SMILES string of the molecule is Cc1nc(C(=O)NCCCCN2CCOCC2)nn1-c1ccc(Cl)cc1. The molecule has 0 bridgehead atoms. The molecule has 1 fully saturated rings. The molecule has 0 atom stereocenters. The molecule has 1 saturated heterocycles. The predicted octanol–water partition coefficient (Wildman–Crippen LogP) is 2.07. The fourth-order valence-corrected chi connectivity index (χ4v) is 3.01. The second-order valence-corrected chi connectivity index (χ2v) is 6.72. The number of aromatic nitrogens is 3. The van der Waals surface area contributed by atoms with E-state index in [1.165, 1.54) is 0 Å². The first-order chi connectivity index (χ1) is 12.6. The molecule has 8 heteroatoms. The molecule has 1 amide bonds. The van der Waals surface area contributed by atoms with Gasteiger partial charge in [0, 0.05) is 24.7 Å². The number of halogens is 1. The van der Waals surface area contributed by atoms with Crippen LogP contribution in [0.5, 0.6) is 0 Å². The zero-order chi connectivity index (χ0) is 18.4. The van der Waals surface area contributed by atoms with E-state index in [0.717, 1.165) is 51.4 Å². The van der Waals surface area contributed by atoms with Gasteiger partial charge in [0.2, 0.25) is 5.82 Å². The van der Waals surface area contributed by atoms with Crippen molar-refractivity contribution in [1.29, 1.82) is 0 Å². The standard InChI is InChI=1S/C18H24ClN5O2/c1-14-21-17(22-24(14)16-6-4-15(19)5-7-16)18(25)20-8-2-3-9-23-10-12-26-13-11-23/h4-7H,2-3,8-13H2,1H3,(H,20,25). The van der Waals surface area contributed by atoms with Gasteiger partial charge in [-0.1, -0.05) is 11.6 Å². The minimum Gasteiger partial charge on any atom is -0.379 e. The third kappa shape index (κ3) is 5.03. The quantitative estimate of drug-likeness (QED) is 0.748. The van der Waals surface area contributed by atoms with Gasteiger partial charge in [0.1, 0.15) is 5.82 Å². The molecule has 0 radical (unpaired) electrons. The van der Waals surface area contributed by atoms with Gasteiger partial charge < -0.3 is 10.1 Å². The summed E-state index contributed by atoms with van der Waals surface area (Å²) in [4.78, 5) is 18.9. The average Bonchev–Trinajstić information content (AvgIpc) is 3.05. The molecule has 1 aromatic carbocycles. The highest BCUT2D eigenvalue weighted by Crippen LogP contribution is 2.14. The highest BCUT2D eigenvalue weighted by atomic mass is 35.5. The third-order valence-electron chi connectivity index (χ3n) is 4.33. The van der Waals surface area contributed by atoms with Crippen LogP contribution in [0.1, 0.15) is 29.3 Å². The maximum absolute atomic E-state index is 12.3. The number of aryl methyl sites for hydroxylation is 1.